The summed E-state index contributed by atoms with van der Waals surface area (Å²) in [5.74, 6) is 2.02. The summed E-state index contributed by atoms with van der Waals surface area (Å²) in [5.41, 5.74) is 1.11. The van der Waals surface area contributed by atoms with Crippen LogP contribution in [0.1, 0.15) is 5.89 Å². The van der Waals surface area contributed by atoms with Crippen LogP contribution in [0.25, 0.3) is 17.1 Å². The molecule has 0 fully saturated rings. The van der Waals surface area contributed by atoms with Gasteiger partial charge in [0.2, 0.25) is 11.7 Å². The van der Waals surface area contributed by atoms with Crippen LogP contribution in [0.15, 0.2) is 58.5 Å². The van der Waals surface area contributed by atoms with E-state index < -0.39 is 0 Å². The molecule has 29 heavy (non-hydrogen) atoms. The highest BCUT2D eigenvalue weighted by atomic mass is 32.2. The largest absolute Gasteiger partial charge is 0.493 e. The van der Waals surface area contributed by atoms with Crippen molar-refractivity contribution < 1.29 is 18.4 Å². The summed E-state index contributed by atoms with van der Waals surface area (Å²) in [5, 5.41) is 12.4. The SMILES string of the molecule is COc1ccc(-c2noc(CSc3nncn3-c3ccccc3F)n2)cc1OC. The fourth-order valence-corrected chi connectivity index (χ4v) is 3.43. The van der Waals surface area contributed by atoms with Crippen LogP contribution in [-0.2, 0) is 5.75 Å². The van der Waals surface area contributed by atoms with Gasteiger partial charge in [-0.25, -0.2) is 4.39 Å². The fraction of sp³-hybridized carbons (Fsp3) is 0.158. The number of rotatable bonds is 7. The molecule has 0 aliphatic heterocycles. The average molecular weight is 413 g/mol. The molecule has 4 rings (SSSR count). The molecule has 0 saturated heterocycles. The fourth-order valence-electron chi connectivity index (χ4n) is 2.67. The van der Waals surface area contributed by atoms with Gasteiger partial charge in [0.05, 0.1) is 25.7 Å². The molecule has 0 unspecified atom stereocenters. The van der Waals surface area contributed by atoms with Crippen molar-refractivity contribution in [1.29, 1.82) is 0 Å². The highest BCUT2D eigenvalue weighted by molar-refractivity contribution is 7.98. The Balaban J connectivity index is 1.50. The summed E-state index contributed by atoms with van der Waals surface area (Å²) in [6.07, 6.45) is 1.46. The Kier molecular flexibility index (Phi) is 5.43. The molecule has 0 amide bonds. The Morgan fingerprint density at radius 1 is 1.10 bits per heavy atom. The van der Waals surface area contributed by atoms with Crippen molar-refractivity contribution in [3.05, 3.63) is 60.5 Å². The Morgan fingerprint density at radius 3 is 2.72 bits per heavy atom. The lowest BCUT2D eigenvalue weighted by atomic mass is 10.2. The first-order chi connectivity index (χ1) is 14.2. The van der Waals surface area contributed by atoms with Gasteiger partial charge in [-0.05, 0) is 30.3 Å². The zero-order valence-electron chi connectivity index (χ0n) is 15.6. The molecule has 8 nitrogen and oxygen atoms in total. The van der Waals surface area contributed by atoms with E-state index in [0.29, 0.717) is 39.8 Å². The molecule has 0 N–H and O–H groups in total. The number of para-hydroxylation sites is 1. The minimum absolute atomic E-state index is 0.355. The molecule has 2 aromatic carbocycles. The zero-order chi connectivity index (χ0) is 20.2. The van der Waals surface area contributed by atoms with Crippen LogP contribution in [0.2, 0.25) is 0 Å². The maximum absolute atomic E-state index is 14.1. The standard InChI is InChI=1S/C19H16FN5O3S/c1-26-15-8-7-12(9-16(15)27-2)18-22-17(28-24-18)10-29-19-23-21-11-25(19)14-6-4-3-5-13(14)20/h3-9,11H,10H2,1-2H3. The predicted octanol–water partition coefficient (Wildman–Crippen LogP) is 3.77. The van der Waals surface area contributed by atoms with Crippen molar-refractivity contribution in [3.8, 4) is 28.6 Å². The van der Waals surface area contributed by atoms with Gasteiger partial charge in [-0.1, -0.05) is 29.1 Å². The van der Waals surface area contributed by atoms with Crippen molar-refractivity contribution in [2.75, 3.05) is 14.2 Å². The number of hydrogen-bond donors (Lipinski definition) is 0. The van der Waals surface area contributed by atoms with Crippen molar-refractivity contribution in [3.63, 3.8) is 0 Å². The second-order valence-corrected chi connectivity index (χ2v) is 6.75. The predicted molar refractivity (Wildman–Crippen MR) is 104 cm³/mol. The van der Waals surface area contributed by atoms with E-state index in [1.807, 2.05) is 6.07 Å². The third-order valence-electron chi connectivity index (χ3n) is 4.06. The minimum Gasteiger partial charge on any atom is -0.493 e. The van der Waals surface area contributed by atoms with E-state index in [1.165, 1.54) is 24.2 Å². The molecule has 0 spiro atoms. The summed E-state index contributed by atoms with van der Waals surface area (Å²) < 4.78 is 31.5. The molecule has 0 saturated carbocycles. The number of aromatic nitrogens is 5. The molecule has 10 heteroatoms. The second-order valence-electron chi connectivity index (χ2n) is 5.81. The van der Waals surface area contributed by atoms with E-state index in [4.69, 9.17) is 14.0 Å². The number of benzene rings is 2. The molecule has 148 valence electrons. The monoisotopic (exact) mass is 413 g/mol. The van der Waals surface area contributed by atoms with Gasteiger partial charge in [0, 0.05) is 5.56 Å². The van der Waals surface area contributed by atoms with Crippen LogP contribution in [0.5, 0.6) is 11.5 Å². The highest BCUT2D eigenvalue weighted by Crippen LogP contribution is 2.31. The maximum Gasteiger partial charge on any atom is 0.237 e. The lowest BCUT2D eigenvalue weighted by Gasteiger charge is -2.07. The summed E-state index contributed by atoms with van der Waals surface area (Å²) >= 11 is 1.31. The van der Waals surface area contributed by atoms with Crippen LogP contribution in [0.3, 0.4) is 0 Å². The van der Waals surface area contributed by atoms with Gasteiger partial charge in [0.15, 0.2) is 16.7 Å². The van der Waals surface area contributed by atoms with E-state index in [9.17, 15) is 4.39 Å². The lowest BCUT2D eigenvalue weighted by molar-refractivity contribution is 0.355. The van der Waals surface area contributed by atoms with Crippen LogP contribution in [0.4, 0.5) is 4.39 Å². The van der Waals surface area contributed by atoms with Gasteiger partial charge < -0.3 is 14.0 Å². The van der Waals surface area contributed by atoms with E-state index in [-0.39, 0.29) is 5.82 Å². The van der Waals surface area contributed by atoms with Crippen LogP contribution >= 0.6 is 11.8 Å². The van der Waals surface area contributed by atoms with Crippen molar-refractivity contribution in [2.24, 2.45) is 0 Å². The van der Waals surface area contributed by atoms with E-state index in [2.05, 4.69) is 20.3 Å². The number of methoxy groups -OCH3 is 2. The summed E-state index contributed by atoms with van der Waals surface area (Å²) in [7, 11) is 3.13. The quantitative estimate of drug-likeness (QED) is 0.423. The van der Waals surface area contributed by atoms with Crippen LogP contribution in [0, 0.1) is 5.82 Å². The van der Waals surface area contributed by atoms with E-state index >= 15 is 0 Å². The van der Waals surface area contributed by atoms with Gasteiger partial charge in [0.1, 0.15) is 12.1 Å². The number of halogens is 1. The molecule has 2 heterocycles. The third-order valence-corrected chi connectivity index (χ3v) is 4.99. The van der Waals surface area contributed by atoms with Crippen LogP contribution in [-0.4, -0.2) is 39.1 Å². The van der Waals surface area contributed by atoms with E-state index in [1.54, 1.807) is 49.1 Å². The smallest absolute Gasteiger partial charge is 0.237 e. The van der Waals surface area contributed by atoms with Crippen molar-refractivity contribution >= 4 is 11.8 Å². The maximum atomic E-state index is 14.1. The topological polar surface area (TPSA) is 88.1 Å². The number of thioether (sulfide) groups is 1. The van der Waals surface area contributed by atoms with Gasteiger partial charge in [-0.15, -0.1) is 10.2 Å². The van der Waals surface area contributed by atoms with Gasteiger partial charge in [0.25, 0.3) is 0 Å². The molecule has 0 atom stereocenters. The zero-order valence-corrected chi connectivity index (χ0v) is 16.4. The molecule has 0 bridgehead atoms. The molecule has 0 radical (unpaired) electrons. The molecule has 2 aromatic heterocycles. The van der Waals surface area contributed by atoms with Crippen molar-refractivity contribution in [2.45, 2.75) is 10.9 Å². The molecule has 0 aliphatic carbocycles. The minimum atomic E-state index is -0.359. The first-order valence-electron chi connectivity index (χ1n) is 8.52. The van der Waals surface area contributed by atoms with Gasteiger partial charge in [-0.3, -0.25) is 4.57 Å². The van der Waals surface area contributed by atoms with E-state index in [0.717, 1.165) is 5.56 Å². The summed E-state index contributed by atoms with van der Waals surface area (Å²) in [4.78, 5) is 4.40. The normalized spacial score (nSPS) is 10.9. The highest BCUT2D eigenvalue weighted by Gasteiger charge is 2.15. The van der Waals surface area contributed by atoms with Gasteiger partial charge >= 0.3 is 0 Å². The lowest BCUT2D eigenvalue weighted by Crippen LogP contribution is -1.98. The Labute approximate surface area is 169 Å². The van der Waals surface area contributed by atoms with Crippen LogP contribution < -0.4 is 9.47 Å². The average Bonchev–Trinajstić information content (AvgIpc) is 3.41. The second kappa shape index (κ2) is 8.31. The Morgan fingerprint density at radius 2 is 1.93 bits per heavy atom. The number of hydrogen-bond acceptors (Lipinski definition) is 8. The number of nitrogens with zero attached hydrogens (tertiary/aromatic N) is 5. The van der Waals surface area contributed by atoms with Crippen molar-refractivity contribution in [1.82, 2.24) is 24.9 Å². The molecule has 0 aliphatic rings. The third kappa shape index (κ3) is 3.92. The first kappa shape index (κ1) is 18.9. The molecular formula is C19H16FN5O3S. The first-order valence-corrected chi connectivity index (χ1v) is 9.51. The van der Waals surface area contributed by atoms with Gasteiger partial charge in [-0.2, -0.15) is 4.98 Å². The number of ether oxygens (including phenoxy) is 2. The molecule has 4 aromatic rings. The Hall–Kier alpha value is -3.40. The molecular weight excluding hydrogens is 397 g/mol. The summed E-state index contributed by atoms with van der Waals surface area (Å²) in [6, 6.07) is 11.8. The summed E-state index contributed by atoms with van der Waals surface area (Å²) in [6.45, 7) is 0. The Bertz CT molecular complexity index is 1130.